The molecule has 2 rings (SSSR count). The summed E-state index contributed by atoms with van der Waals surface area (Å²) in [5.74, 6) is 0. The van der Waals surface area contributed by atoms with Crippen LogP contribution in [-0.2, 0) is 0 Å². The number of hydrogen-bond donors (Lipinski definition) is 3. The number of carbonyl (C=O) groups is 1. The number of amides is 2. The van der Waals surface area contributed by atoms with Gasteiger partial charge in [-0.05, 0) is 36.4 Å². The Morgan fingerprint density at radius 1 is 0.957 bits per heavy atom. The van der Waals surface area contributed by atoms with Crippen molar-refractivity contribution in [3.63, 3.8) is 0 Å². The molecule has 0 heterocycles. The van der Waals surface area contributed by atoms with Crippen molar-refractivity contribution in [2.75, 3.05) is 10.6 Å². The molecule has 0 aliphatic carbocycles. The molecule has 3 N–H and O–H groups in total. The fraction of sp³-hybridized carbons (Fsp3) is 0.133. The number of alkyl halides is 3. The Labute approximate surface area is 157 Å². The van der Waals surface area contributed by atoms with E-state index in [0.29, 0.717) is 11.4 Å². The van der Waals surface area contributed by atoms with Gasteiger partial charge in [0.25, 0.3) is 0 Å². The van der Waals surface area contributed by atoms with E-state index in [2.05, 4.69) is 31.9 Å². The molecule has 23 heavy (non-hydrogen) atoms. The summed E-state index contributed by atoms with van der Waals surface area (Å²) in [7, 11) is 0. The van der Waals surface area contributed by atoms with E-state index in [0.717, 1.165) is 4.47 Å². The molecule has 8 heteroatoms. The van der Waals surface area contributed by atoms with Gasteiger partial charge >= 0.3 is 6.03 Å². The minimum atomic E-state index is -1.74. The third-order valence-corrected chi connectivity index (χ3v) is 3.97. The van der Waals surface area contributed by atoms with Crippen molar-refractivity contribution in [3.8, 4) is 0 Å². The Morgan fingerprint density at radius 3 is 2.13 bits per heavy atom. The molecule has 122 valence electrons. The Morgan fingerprint density at radius 2 is 1.57 bits per heavy atom. The maximum atomic E-state index is 12.1. The zero-order valence-electron chi connectivity index (χ0n) is 11.7. The van der Waals surface area contributed by atoms with Crippen LogP contribution in [0.15, 0.2) is 59.1 Å². The molecular weight excluding hydrogens is 424 g/mol. The topological polar surface area (TPSA) is 53.2 Å². The van der Waals surface area contributed by atoms with Gasteiger partial charge in [-0.25, -0.2) is 4.79 Å². The normalized spacial score (nSPS) is 12.3. The van der Waals surface area contributed by atoms with Gasteiger partial charge in [-0.15, -0.1) is 0 Å². The smallest absolute Gasteiger partial charge is 0.320 e. The molecule has 0 aliphatic rings. The van der Waals surface area contributed by atoms with Crippen molar-refractivity contribution in [1.29, 1.82) is 0 Å². The van der Waals surface area contributed by atoms with Crippen molar-refractivity contribution in [2.24, 2.45) is 0 Å². The predicted molar refractivity (Wildman–Crippen MR) is 100 cm³/mol. The average molecular weight is 438 g/mol. The first-order valence-electron chi connectivity index (χ1n) is 6.56. The minimum Gasteiger partial charge on any atom is -0.362 e. The summed E-state index contributed by atoms with van der Waals surface area (Å²) in [4.78, 5) is 12.1. The van der Waals surface area contributed by atoms with Crippen LogP contribution >= 0.6 is 50.7 Å². The molecule has 1 atom stereocenters. The summed E-state index contributed by atoms with van der Waals surface area (Å²) >= 11 is 21.2. The fourth-order valence-corrected chi connectivity index (χ4v) is 2.32. The number of rotatable bonds is 4. The number of halogens is 4. The average Bonchev–Trinajstić information content (AvgIpc) is 2.49. The Kier molecular flexibility index (Phi) is 6.41. The van der Waals surface area contributed by atoms with Crippen LogP contribution in [-0.4, -0.2) is 16.0 Å². The lowest BCUT2D eigenvalue weighted by molar-refractivity contribution is 0.249. The highest BCUT2D eigenvalue weighted by Crippen LogP contribution is 2.31. The maximum Gasteiger partial charge on any atom is 0.320 e. The van der Waals surface area contributed by atoms with E-state index < -0.39 is 16.0 Å². The van der Waals surface area contributed by atoms with Gasteiger partial charge in [0.2, 0.25) is 3.79 Å². The van der Waals surface area contributed by atoms with E-state index in [1.807, 2.05) is 30.3 Å². The van der Waals surface area contributed by atoms with Crippen molar-refractivity contribution < 1.29 is 4.79 Å². The van der Waals surface area contributed by atoms with Gasteiger partial charge < -0.3 is 16.0 Å². The van der Waals surface area contributed by atoms with Crippen molar-refractivity contribution in [3.05, 3.63) is 59.1 Å². The van der Waals surface area contributed by atoms with E-state index in [9.17, 15) is 4.79 Å². The van der Waals surface area contributed by atoms with Crippen LogP contribution in [0.1, 0.15) is 0 Å². The van der Waals surface area contributed by atoms with E-state index in [-0.39, 0.29) is 0 Å². The molecule has 0 spiro atoms. The summed E-state index contributed by atoms with van der Waals surface area (Å²) in [6, 6.07) is 15.8. The molecular formula is C15H13BrCl3N3O. The minimum absolute atomic E-state index is 0.489. The first-order valence-corrected chi connectivity index (χ1v) is 8.49. The summed E-state index contributed by atoms with van der Waals surface area (Å²) in [5.41, 5.74) is 1.33. The van der Waals surface area contributed by atoms with Crippen molar-refractivity contribution in [2.45, 2.75) is 9.96 Å². The number of hydrogen-bond acceptors (Lipinski definition) is 2. The molecule has 2 aromatic rings. The summed E-state index contributed by atoms with van der Waals surface area (Å²) in [6.07, 6.45) is -0.919. The molecule has 4 nitrogen and oxygen atoms in total. The molecule has 2 amide bonds. The lowest BCUT2D eigenvalue weighted by Crippen LogP contribution is -2.50. The van der Waals surface area contributed by atoms with Gasteiger partial charge in [-0.2, -0.15) is 0 Å². The second kappa shape index (κ2) is 8.11. The van der Waals surface area contributed by atoms with Crippen LogP contribution < -0.4 is 16.0 Å². The second-order valence-corrected chi connectivity index (χ2v) is 7.87. The van der Waals surface area contributed by atoms with E-state index in [1.165, 1.54) is 0 Å². The SMILES string of the molecule is O=C(Nc1ccccc1)N[C@H](Nc1ccc(Br)cc1)C(Cl)(Cl)Cl. The standard InChI is InChI=1S/C15H13BrCl3N3O/c16-10-6-8-12(9-7-10)20-13(15(17,18)19)22-14(23)21-11-4-2-1-3-5-11/h1-9,13,20H,(H2,21,22,23)/t13-/m0/s1. The first kappa shape index (κ1) is 18.2. The monoisotopic (exact) mass is 435 g/mol. The number of urea groups is 1. The van der Waals surface area contributed by atoms with E-state index in [4.69, 9.17) is 34.8 Å². The van der Waals surface area contributed by atoms with Gasteiger partial charge in [0.1, 0.15) is 6.17 Å². The van der Waals surface area contributed by atoms with Crippen molar-refractivity contribution >= 4 is 68.1 Å². The van der Waals surface area contributed by atoms with Gasteiger partial charge in [0, 0.05) is 15.8 Å². The number of para-hydroxylation sites is 1. The lowest BCUT2D eigenvalue weighted by Gasteiger charge is -2.27. The molecule has 0 bridgehead atoms. The van der Waals surface area contributed by atoms with Crippen LogP contribution in [0.2, 0.25) is 0 Å². The molecule has 0 radical (unpaired) electrons. The quantitative estimate of drug-likeness (QED) is 0.444. The molecule has 0 unspecified atom stereocenters. The van der Waals surface area contributed by atoms with Crippen LogP contribution in [0, 0.1) is 0 Å². The number of benzene rings is 2. The van der Waals surface area contributed by atoms with Gasteiger partial charge in [0.15, 0.2) is 0 Å². The Balaban J connectivity index is 2.04. The molecule has 2 aromatic carbocycles. The Hall–Kier alpha value is -1.14. The van der Waals surface area contributed by atoms with E-state index >= 15 is 0 Å². The first-order chi connectivity index (χ1) is 10.8. The summed E-state index contributed by atoms with van der Waals surface area (Å²) in [5, 5.41) is 8.24. The largest absolute Gasteiger partial charge is 0.362 e. The number of carbonyl (C=O) groups excluding carboxylic acids is 1. The molecule has 0 aromatic heterocycles. The van der Waals surface area contributed by atoms with E-state index in [1.54, 1.807) is 24.3 Å². The molecule has 0 saturated carbocycles. The summed E-state index contributed by atoms with van der Waals surface area (Å²) < 4.78 is -0.815. The van der Waals surface area contributed by atoms with Crippen LogP contribution in [0.4, 0.5) is 16.2 Å². The fourth-order valence-electron chi connectivity index (χ4n) is 1.73. The lowest BCUT2D eigenvalue weighted by atomic mass is 10.3. The Bertz CT molecular complexity index is 647. The van der Waals surface area contributed by atoms with Gasteiger partial charge in [-0.3, -0.25) is 0 Å². The zero-order valence-corrected chi connectivity index (χ0v) is 15.5. The molecule has 0 fully saturated rings. The number of nitrogens with one attached hydrogen (secondary N) is 3. The highest BCUT2D eigenvalue weighted by Gasteiger charge is 2.34. The number of anilines is 2. The summed E-state index contributed by atoms with van der Waals surface area (Å²) in [6.45, 7) is 0. The maximum absolute atomic E-state index is 12.1. The third-order valence-electron chi connectivity index (χ3n) is 2.79. The molecule has 0 saturated heterocycles. The van der Waals surface area contributed by atoms with Gasteiger partial charge in [0.05, 0.1) is 0 Å². The highest BCUT2D eigenvalue weighted by atomic mass is 79.9. The van der Waals surface area contributed by atoms with Crippen LogP contribution in [0.25, 0.3) is 0 Å². The van der Waals surface area contributed by atoms with Crippen LogP contribution in [0.3, 0.4) is 0 Å². The van der Waals surface area contributed by atoms with Gasteiger partial charge in [-0.1, -0.05) is 68.9 Å². The predicted octanol–water partition coefficient (Wildman–Crippen LogP) is 5.38. The highest BCUT2D eigenvalue weighted by molar-refractivity contribution is 9.10. The van der Waals surface area contributed by atoms with Crippen molar-refractivity contribution in [1.82, 2.24) is 5.32 Å². The second-order valence-electron chi connectivity index (χ2n) is 4.59. The zero-order chi connectivity index (χ0) is 16.9. The third kappa shape index (κ3) is 6.11. The molecule has 0 aliphatic heterocycles. The van der Waals surface area contributed by atoms with Crippen LogP contribution in [0.5, 0.6) is 0 Å².